The monoisotopic (exact) mass is 200 g/mol. The zero-order valence-corrected chi connectivity index (χ0v) is 8.62. The van der Waals surface area contributed by atoms with Crippen molar-refractivity contribution >= 4 is 11.9 Å². The highest BCUT2D eigenvalue weighted by Gasteiger charge is 2.33. The second kappa shape index (κ2) is 4.98. The van der Waals surface area contributed by atoms with E-state index in [0.717, 1.165) is 12.8 Å². The van der Waals surface area contributed by atoms with Crippen molar-refractivity contribution < 1.29 is 19.1 Å². The highest BCUT2D eigenvalue weighted by molar-refractivity contribution is 5.75. The molecule has 0 aromatic carbocycles. The fourth-order valence-corrected chi connectivity index (χ4v) is 1.85. The number of carbonyl (C=O) groups excluding carboxylic acids is 2. The summed E-state index contributed by atoms with van der Waals surface area (Å²) in [5.41, 5.74) is 0. The Morgan fingerprint density at radius 1 is 1.64 bits per heavy atom. The molecule has 1 rings (SSSR count). The Hall–Kier alpha value is -1.06. The predicted octanol–water partition coefficient (Wildman–Crippen LogP) is 1.14. The van der Waals surface area contributed by atoms with Crippen molar-refractivity contribution in [3.63, 3.8) is 0 Å². The van der Waals surface area contributed by atoms with E-state index in [0.29, 0.717) is 13.0 Å². The van der Waals surface area contributed by atoms with E-state index in [1.165, 1.54) is 7.11 Å². The minimum absolute atomic E-state index is 0.0914. The molecular weight excluding hydrogens is 184 g/mol. The summed E-state index contributed by atoms with van der Waals surface area (Å²) in [6, 6.07) is 0. The van der Waals surface area contributed by atoms with E-state index in [-0.39, 0.29) is 23.8 Å². The molecule has 0 N–H and O–H groups in total. The van der Waals surface area contributed by atoms with Gasteiger partial charge in [0.1, 0.15) is 0 Å². The van der Waals surface area contributed by atoms with E-state index in [1.54, 1.807) is 0 Å². The Morgan fingerprint density at radius 2 is 2.36 bits per heavy atom. The molecule has 0 bridgehead atoms. The quantitative estimate of drug-likeness (QED) is 0.641. The number of rotatable bonds is 3. The largest absolute Gasteiger partial charge is 0.469 e. The Kier molecular flexibility index (Phi) is 3.92. The Balaban J connectivity index is 2.56. The molecule has 1 heterocycles. The van der Waals surface area contributed by atoms with E-state index < -0.39 is 0 Å². The first-order chi connectivity index (χ1) is 6.69. The number of ether oxygens (including phenoxy) is 2. The number of methoxy groups -OCH3 is 1. The lowest BCUT2D eigenvalue weighted by Crippen LogP contribution is -2.33. The third kappa shape index (κ3) is 2.47. The molecule has 80 valence electrons. The summed E-state index contributed by atoms with van der Waals surface area (Å²) in [6.07, 6.45) is 1.81. The van der Waals surface area contributed by atoms with Crippen LogP contribution in [0.3, 0.4) is 0 Å². The first kappa shape index (κ1) is 11.0. The number of cyclic esters (lactones) is 1. The van der Waals surface area contributed by atoms with Crippen LogP contribution in [-0.2, 0) is 19.1 Å². The summed E-state index contributed by atoms with van der Waals surface area (Å²) in [6.45, 7) is 2.36. The van der Waals surface area contributed by atoms with Crippen LogP contribution in [-0.4, -0.2) is 25.7 Å². The molecule has 2 atom stereocenters. The number of hydrogen-bond donors (Lipinski definition) is 0. The normalized spacial score (nSPS) is 26.9. The first-order valence-electron chi connectivity index (χ1n) is 4.92. The van der Waals surface area contributed by atoms with Gasteiger partial charge in [0.25, 0.3) is 0 Å². The molecule has 4 heteroatoms. The van der Waals surface area contributed by atoms with Crippen LogP contribution in [0.25, 0.3) is 0 Å². The second-order valence-electron chi connectivity index (χ2n) is 3.51. The molecule has 14 heavy (non-hydrogen) atoms. The van der Waals surface area contributed by atoms with Gasteiger partial charge >= 0.3 is 11.9 Å². The number of esters is 2. The van der Waals surface area contributed by atoms with Gasteiger partial charge in [0.05, 0.1) is 19.6 Å². The summed E-state index contributed by atoms with van der Waals surface area (Å²) in [5.74, 6) is -0.465. The second-order valence-corrected chi connectivity index (χ2v) is 3.51. The Morgan fingerprint density at radius 3 is 2.93 bits per heavy atom. The van der Waals surface area contributed by atoms with Crippen LogP contribution >= 0.6 is 0 Å². The van der Waals surface area contributed by atoms with Gasteiger partial charge in [-0.2, -0.15) is 0 Å². The average Bonchev–Trinajstić information content (AvgIpc) is 2.18. The van der Waals surface area contributed by atoms with Crippen molar-refractivity contribution in [2.45, 2.75) is 26.2 Å². The summed E-state index contributed by atoms with van der Waals surface area (Å²) in [5, 5.41) is 0. The zero-order valence-electron chi connectivity index (χ0n) is 8.62. The van der Waals surface area contributed by atoms with E-state index in [9.17, 15) is 9.59 Å². The van der Waals surface area contributed by atoms with Crippen LogP contribution < -0.4 is 0 Å². The highest BCUT2D eigenvalue weighted by Crippen LogP contribution is 2.28. The minimum Gasteiger partial charge on any atom is -0.469 e. The van der Waals surface area contributed by atoms with E-state index >= 15 is 0 Å². The van der Waals surface area contributed by atoms with Crippen molar-refractivity contribution in [2.24, 2.45) is 11.8 Å². The summed E-state index contributed by atoms with van der Waals surface area (Å²) in [7, 11) is 1.37. The summed E-state index contributed by atoms with van der Waals surface area (Å²) < 4.78 is 9.53. The average molecular weight is 200 g/mol. The highest BCUT2D eigenvalue weighted by atomic mass is 16.5. The number of hydrogen-bond acceptors (Lipinski definition) is 4. The lowest BCUT2D eigenvalue weighted by atomic mass is 9.83. The molecule has 4 nitrogen and oxygen atoms in total. The maximum atomic E-state index is 11.3. The Labute approximate surface area is 83.6 Å². The van der Waals surface area contributed by atoms with E-state index in [4.69, 9.17) is 4.74 Å². The van der Waals surface area contributed by atoms with Crippen molar-refractivity contribution in [1.29, 1.82) is 0 Å². The van der Waals surface area contributed by atoms with Crippen LogP contribution in [0.1, 0.15) is 26.2 Å². The van der Waals surface area contributed by atoms with Crippen LogP contribution in [0, 0.1) is 11.8 Å². The van der Waals surface area contributed by atoms with E-state index in [2.05, 4.69) is 4.74 Å². The predicted molar refractivity (Wildman–Crippen MR) is 49.5 cm³/mol. The molecule has 0 aromatic heterocycles. The molecule has 0 aromatic rings. The van der Waals surface area contributed by atoms with Gasteiger partial charge in [0.2, 0.25) is 0 Å². The standard InChI is InChI=1S/C10H16O4/c1-3-8-7(6-9(11)13-2)4-5-14-10(8)12/h7-8H,3-6H2,1-2H3/t7-,8-/m0/s1. The molecule has 1 saturated heterocycles. The fourth-order valence-electron chi connectivity index (χ4n) is 1.85. The molecule has 1 aliphatic heterocycles. The molecule has 0 amide bonds. The van der Waals surface area contributed by atoms with Crippen LogP contribution in [0.15, 0.2) is 0 Å². The number of carbonyl (C=O) groups is 2. The third-order valence-corrected chi connectivity index (χ3v) is 2.70. The molecule has 0 aliphatic carbocycles. The van der Waals surface area contributed by atoms with E-state index in [1.807, 2.05) is 6.92 Å². The van der Waals surface area contributed by atoms with Gasteiger partial charge in [-0.25, -0.2) is 0 Å². The van der Waals surface area contributed by atoms with Gasteiger partial charge in [0, 0.05) is 6.42 Å². The lowest BCUT2D eigenvalue weighted by Gasteiger charge is -2.28. The molecule has 1 fully saturated rings. The van der Waals surface area contributed by atoms with Crippen LogP contribution in [0.2, 0.25) is 0 Å². The van der Waals surface area contributed by atoms with Crippen molar-refractivity contribution in [3.05, 3.63) is 0 Å². The van der Waals surface area contributed by atoms with Crippen molar-refractivity contribution in [2.75, 3.05) is 13.7 Å². The van der Waals surface area contributed by atoms with Gasteiger partial charge in [-0.3, -0.25) is 9.59 Å². The van der Waals surface area contributed by atoms with Gasteiger partial charge in [-0.1, -0.05) is 6.92 Å². The zero-order chi connectivity index (χ0) is 10.6. The molecular formula is C10H16O4. The van der Waals surface area contributed by atoms with Crippen molar-refractivity contribution in [1.82, 2.24) is 0 Å². The first-order valence-corrected chi connectivity index (χ1v) is 4.92. The molecule has 0 spiro atoms. The smallest absolute Gasteiger partial charge is 0.309 e. The van der Waals surface area contributed by atoms with Crippen LogP contribution in [0.5, 0.6) is 0 Å². The fraction of sp³-hybridized carbons (Fsp3) is 0.800. The third-order valence-electron chi connectivity index (χ3n) is 2.70. The maximum Gasteiger partial charge on any atom is 0.309 e. The lowest BCUT2D eigenvalue weighted by molar-refractivity contribution is -0.158. The summed E-state index contributed by atoms with van der Waals surface area (Å²) >= 11 is 0. The van der Waals surface area contributed by atoms with Gasteiger partial charge < -0.3 is 9.47 Å². The summed E-state index contributed by atoms with van der Waals surface area (Å²) in [4.78, 5) is 22.4. The Bertz CT molecular complexity index is 224. The van der Waals surface area contributed by atoms with Crippen molar-refractivity contribution in [3.8, 4) is 0 Å². The van der Waals surface area contributed by atoms with Gasteiger partial charge in [-0.15, -0.1) is 0 Å². The molecule has 0 unspecified atom stereocenters. The maximum absolute atomic E-state index is 11.3. The van der Waals surface area contributed by atoms with Gasteiger partial charge in [-0.05, 0) is 18.8 Å². The van der Waals surface area contributed by atoms with Crippen LogP contribution in [0.4, 0.5) is 0 Å². The molecule has 1 aliphatic rings. The topological polar surface area (TPSA) is 52.6 Å². The minimum atomic E-state index is -0.247. The SMILES string of the molecule is CC[C@@H]1C(=O)OCC[C@H]1CC(=O)OC. The molecule has 0 radical (unpaired) electrons. The van der Waals surface area contributed by atoms with Gasteiger partial charge in [0.15, 0.2) is 0 Å². The molecule has 0 saturated carbocycles.